The van der Waals surface area contributed by atoms with Gasteiger partial charge in [0.25, 0.3) is 0 Å². The van der Waals surface area contributed by atoms with E-state index in [4.69, 9.17) is 4.74 Å². The van der Waals surface area contributed by atoms with E-state index in [9.17, 15) is 9.59 Å². The molecule has 0 fully saturated rings. The Labute approximate surface area is 115 Å². The topological polar surface area (TPSA) is 43.4 Å². The van der Waals surface area contributed by atoms with Crippen LogP contribution >= 0.6 is 0 Å². The Bertz CT molecular complexity index is 452. The predicted octanol–water partition coefficient (Wildman–Crippen LogP) is 3.93. The lowest BCUT2D eigenvalue weighted by molar-refractivity contribution is -0.145. The molecule has 1 aromatic carbocycles. The van der Waals surface area contributed by atoms with Crippen molar-refractivity contribution in [3.05, 3.63) is 35.4 Å². The van der Waals surface area contributed by atoms with Crippen LogP contribution in [0.1, 0.15) is 63.1 Å². The van der Waals surface area contributed by atoms with Gasteiger partial charge in [0.2, 0.25) is 0 Å². The molecule has 0 amide bonds. The summed E-state index contributed by atoms with van der Waals surface area (Å²) in [6, 6.07) is 7.26. The van der Waals surface area contributed by atoms with Gasteiger partial charge in [-0.05, 0) is 17.9 Å². The van der Waals surface area contributed by atoms with Crippen LogP contribution in [0, 0.1) is 5.41 Å². The Morgan fingerprint density at radius 1 is 1.16 bits per heavy atom. The van der Waals surface area contributed by atoms with E-state index in [0.29, 0.717) is 12.0 Å². The van der Waals surface area contributed by atoms with E-state index in [1.807, 2.05) is 39.8 Å². The summed E-state index contributed by atoms with van der Waals surface area (Å²) in [5, 5.41) is 0. The smallest absolute Gasteiger partial charge is 0.303 e. The highest BCUT2D eigenvalue weighted by Gasteiger charge is 2.17. The normalized spacial score (nSPS) is 12.9. The fraction of sp³-hybridized carbons (Fsp3) is 0.500. The fourth-order valence-electron chi connectivity index (χ4n) is 1.84. The van der Waals surface area contributed by atoms with E-state index in [1.165, 1.54) is 6.92 Å². The summed E-state index contributed by atoms with van der Waals surface area (Å²) in [6.45, 7) is 9.33. The number of Topliss-reactive ketones (excluding diaryl/α,β-unsaturated/α-hetero) is 1. The molecule has 19 heavy (non-hydrogen) atoms. The summed E-state index contributed by atoms with van der Waals surface area (Å²) in [5.74, 6) is -0.167. The Morgan fingerprint density at radius 2 is 1.68 bits per heavy atom. The molecule has 3 nitrogen and oxygen atoms in total. The van der Waals surface area contributed by atoms with Crippen LogP contribution in [0.5, 0.6) is 0 Å². The lowest BCUT2D eigenvalue weighted by atomic mass is 9.87. The first-order valence-electron chi connectivity index (χ1n) is 6.49. The molecule has 0 heterocycles. The van der Waals surface area contributed by atoms with Crippen molar-refractivity contribution in [2.75, 3.05) is 0 Å². The molecule has 0 aliphatic rings. The van der Waals surface area contributed by atoms with Crippen molar-refractivity contribution in [2.45, 2.75) is 47.1 Å². The minimum atomic E-state index is -0.305. The number of rotatable bonds is 4. The van der Waals surface area contributed by atoms with Crippen LogP contribution < -0.4 is 0 Å². The summed E-state index contributed by atoms with van der Waals surface area (Å²) in [6.07, 6.45) is 0.232. The van der Waals surface area contributed by atoms with Gasteiger partial charge >= 0.3 is 5.97 Å². The fourth-order valence-corrected chi connectivity index (χ4v) is 1.84. The van der Waals surface area contributed by atoms with Gasteiger partial charge in [-0.25, -0.2) is 0 Å². The molecule has 0 saturated heterocycles. The molecule has 0 aromatic heterocycles. The molecule has 0 bridgehead atoms. The van der Waals surface area contributed by atoms with E-state index >= 15 is 0 Å². The SMILES string of the molecule is CC(=O)O[C@H](C)c1ccc(C(=O)CC(C)(C)C)cc1. The Morgan fingerprint density at radius 3 is 2.11 bits per heavy atom. The van der Waals surface area contributed by atoms with Crippen LogP contribution in [0.3, 0.4) is 0 Å². The Kier molecular flexibility index (Phi) is 4.87. The van der Waals surface area contributed by atoms with Gasteiger partial charge in [0, 0.05) is 18.9 Å². The molecule has 0 aliphatic heterocycles. The first kappa shape index (κ1) is 15.4. The van der Waals surface area contributed by atoms with Gasteiger partial charge in [-0.3, -0.25) is 9.59 Å². The zero-order chi connectivity index (χ0) is 14.6. The van der Waals surface area contributed by atoms with Gasteiger partial charge in [-0.2, -0.15) is 0 Å². The Hall–Kier alpha value is -1.64. The zero-order valence-corrected chi connectivity index (χ0v) is 12.3. The van der Waals surface area contributed by atoms with Crippen molar-refractivity contribution < 1.29 is 14.3 Å². The maximum Gasteiger partial charge on any atom is 0.303 e. The first-order chi connectivity index (χ1) is 8.69. The molecule has 0 spiro atoms. The molecular formula is C16H22O3. The van der Waals surface area contributed by atoms with Gasteiger partial charge in [0.15, 0.2) is 5.78 Å². The van der Waals surface area contributed by atoms with Crippen molar-refractivity contribution in [3.63, 3.8) is 0 Å². The molecule has 3 heteroatoms. The average Bonchev–Trinajstić information content (AvgIpc) is 2.26. The first-order valence-corrected chi connectivity index (χ1v) is 6.49. The van der Waals surface area contributed by atoms with Gasteiger partial charge in [0.1, 0.15) is 6.10 Å². The van der Waals surface area contributed by atoms with Crippen LogP contribution in [-0.2, 0) is 9.53 Å². The number of esters is 1. The summed E-state index contributed by atoms with van der Waals surface area (Å²) < 4.78 is 5.09. The maximum atomic E-state index is 12.0. The van der Waals surface area contributed by atoms with Gasteiger partial charge in [-0.1, -0.05) is 45.0 Å². The third-order valence-corrected chi connectivity index (χ3v) is 2.74. The van der Waals surface area contributed by atoms with Crippen molar-refractivity contribution in [1.29, 1.82) is 0 Å². The van der Waals surface area contributed by atoms with E-state index in [1.54, 1.807) is 12.1 Å². The lowest BCUT2D eigenvalue weighted by Crippen LogP contribution is -2.13. The highest BCUT2D eigenvalue weighted by molar-refractivity contribution is 5.96. The predicted molar refractivity (Wildman–Crippen MR) is 75.0 cm³/mol. The number of carbonyl (C=O) groups is 2. The van der Waals surface area contributed by atoms with E-state index in [2.05, 4.69) is 0 Å². The Balaban J connectivity index is 2.76. The van der Waals surface area contributed by atoms with Crippen molar-refractivity contribution in [2.24, 2.45) is 5.41 Å². The average molecular weight is 262 g/mol. The second kappa shape index (κ2) is 6.00. The van der Waals surface area contributed by atoms with Crippen LogP contribution in [0.25, 0.3) is 0 Å². The minimum Gasteiger partial charge on any atom is -0.458 e. The van der Waals surface area contributed by atoms with Crippen molar-refractivity contribution in [3.8, 4) is 0 Å². The third kappa shape index (κ3) is 5.25. The summed E-state index contributed by atoms with van der Waals surface area (Å²) >= 11 is 0. The third-order valence-electron chi connectivity index (χ3n) is 2.74. The maximum absolute atomic E-state index is 12.0. The van der Waals surface area contributed by atoms with Crippen molar-refractivity contribution in [1.82, 2.24) is 0 Å². The lowest BCUT2D eigenvalue weighted by Gasteiger charge is -2.17. The van der Waals surface area contributed by atoms with E-state index in [-0.39, 0.29) is 23.3 Å². The molecule has 1 rings (SSSR count). The second-order valence-corrected chi connectivity index (χ2v) is 6.03. The van der Waals surface area contributed by atoms with Crippen molar-refractivity contribution >= 4 is 11.8 Å². The molecule has 0 N–H and O–H groups in total. The molecule has 1 atom stereocenters. The summed E-state index contributed by atoms with van der Waals surface area (Å²) in [4.78, 5) is 22.9. The van der Waals surface area contributed by atoms with E-state index in [0.717, 1.165) is 5.56 Å². The van der Waals surface area contributed by atoms with Gasteiger partial charge < -0.3 is 4.74 Å². The summed E-state index contributed by atoms with van der Waals surface area (Å²) in [7, 11) is 0. The summed E-state index contributed by atoms with van der Waals surface area (Å²) in [5.41, 5.74) is 1.58. The monoisotopic (exact) mass is 262 g/mol. The molecule has 1 aromatic rings. The second-order valence-electron chi connectivity index (χ2n) is 6.03. The molecular weight excluding hydrogens is 240 g/mol. The largest absolute Gasteiger partial charge is 0.458 e. The number of ether oxygens (including phenoxy) is 1. The van der Waals surface area contributed by atoms with Crippen LogP contribution in [0.4, 0.5) is 0 Å². The molecule has 104 valence electrons. The number of ketones is 1. The molecule has 0 unspecified atom stereocenters. The number of benzene rings is 1. The standard InChI is InChI=1S/C16H22O3/c1-11(19-12(2)17)13-6-8-14(9-7-13)15(18)10-16(3,4)5/h6-9,11H,10H2,1-5H3/t11-/m1/s1. The molecule has 0 saturated carbocycles. The zero-order valence-electron chi connectivity index (χ0n) is 12.3. The highest BCUT2D eigenvalue weighted by Crippen LogP contribution is 2.23. The van der Waals surface area contributed by atoms with Crippen LogP contribution in [-0.4, -0.2) is 11.8 Å². The van der Waals surface area contributed by atoms with Gasteiger partial charge in [-0.15, -0.1) is 0 Å². The quantitative estimate of drug-likeness (QED) is 0.610. The number of hydrogen-bond acceptors (Lipinski definition) is 3. The highest BCUT2D eigenvalue weighted by atomic mass is 16.5. The number of carbonyl (C=O) groups excluding carboxylic acids is 2. The molecule has 0 radical (unpaired) electrons. The van der Waals surface area contributed by atoms with Crippen LogP contribution in [0.2, 0.25) is 0 Å². The van der Waals surface area contributed by atoms with Gasteiger partial charge in [0.05, 0.1) is 0 Å². The minimum absolute atomic E-state index is 0.0131. The number of hydrogen-bond donors (Lipinski definition) is 0. The molecule has 0 aliphatic carbocycles. The van der Waals surface area contributed by atoms with Crippen LogP contribution in [0.15, 0.2) is 24.3 Å². The van der Waals surface area contributed by atoms with E-state index < -0.39 is 0 Å².